The van der Waals surface area contributed by atoms with Gasteiger partial charge in [-0.25, -0.2) is 4.98 Å². The van der Waals surface area contributed by atoms with Crippen molar-refractivity contribution in [2.75, 3.05) is 19.5 Å². The molecule has 0 saturated carbocycles. The van der Waals surface area contributed by atoms with Gasteiger partial charge in [-0.3, -0.25) is 9.67 Å². The third-order valence-electron chi connectivity index (χ3n) is 5.22. The van der Waals surface area contributed by atoms with E-state index in [1.807, 2.05) is 47.5 Å². The number of methoxy groups -OCH3 is 2. The SMILES string of the molecule is COC(CCn1cc(-c2cnc3ccc(Nc4cc(C(C)C)cnn4)nc3c2)cn1)OC. The normalized spacial score (nSPS) is 11.6. The lowest BCUT2D eigenvalue weighted by molar-refractivity contribution is -0.108. The van der Waals surface area contributed by atoms with E-state index < -0.39 is 0 Å². The molecule has 0 aliphatic rings. The van der Waals surface area contributed by atoms with Crippen LogP contribution in [0, 0.1) is 0 Å². The van der Waals surface area contributed by atoms with Crippen LogP contribution >= 0.6 is 0 Å². The topological polar surface area (TPSA) is 99.9 Å². The third kappa shape index (κ3) is 5.06. The second-order valence-corrected chi connectivity index (χ2v) is 7.79. The first kappa shape index (κ1) is 21.8. The fourth-order valence-electron chi connectivity index (χ4n) is 3.33. The van der Waals surface area contributed by atoms with E-state index in [1.165, 1.54) is 0 Å². The van der Waals surface area contributed by atoms with Gasteiger partial charge in [0.15, 0.2) is 12.1 Å². The van der Waals surface area contributed by atoms with E-state index in [4.69, 9.17) is 14.5 Å². The molecule has 0 atom stereocenters. The number of rotatable bonds is 9. The van der Waals surface area contributed by atoms with Crippen molar-refractivity contribution in [3.05, 3.63) is 54.6 Å². The molecular weight excluding hydrogens is 406 g/mol. The van der Waals surface area contributed by atoms with E-state index in [9.17, 15) is 0 Å². The maximum Gasteiger partial charge on any atom is 0.158 e. The second kappa shape index (κ2) is 9.80. The lowest BCUT2D eigenvalue weighted by atomic mass is 10.1. The lowest BCUT2D eigenvalue weighted by Gasteiger charge is -2.12. The molecule has 4 heterocycles. The molecule has 9 heteroatoms. The summed E-state index contributed by atoms with van der Waals surface area (Å²) in [6.45, 7) is 4.94. The Bertz CT molecular complexity index is 1190. The van der Waals surface area contributed by atoms with E-state index in [0.29, 0.717) is 30.5 Å². The van der Waals surface area contributed by atoms with Crippen LogP contribution in [0.5, 0.6) is 0 Å². The summed E-state index contributed by atoms with van der Waals surface area (Å²) < 4.78 is 12.3. The van der Waals surface area contributed by atoms with Gasteiger partial charge in [-0.2, -0.15) is 10.2 Å². The van der Waals surface area contributed by atoms with E-state index >= 15 is 0 Å². The third-order valence-corrected chi connectivity index (χ3v) is 5.22. The Morgan fingerprint density at radius 1 is 0.969 bits per heavy atom. The number of pyridine rings is 2. The summed E-state index contributed by atoms with van der Waals surface area (Å²) in [5.74, 6) is 1.73. The molecule has 4 rings (SSSR count). The Hall–Kier alpha value is -3.43. The Morgan fingerprint density at radius 3 is 2.59 bits per heavy atom. The predicted octanol–water partition coefficient (Wildman–Crippen LogP) is 4.16. The highest BCUT2D eigenvalue weighted by Crippen LogP contribution is 2.24. The molecule has 0 aliphatic carbocycles. The van der Waals surface area contributed by atoms with Gasteiger partial charge in [-0.15, -0.1) is 5.10 Å². The van der Waals surface area contributed by atoms with Crippen LogP contribution in [0.25, 0.3) is 22.2 Å². The fourth-order valence-corrected chi connectivity index (χ4v) is 3.33. The number of anilines is 2. The van der Waals surface area contributed by atoms with E-state index in [-0.39, 0.29) is 6.29 Å². The summed E-state index contributed by atoms with van der Waals surface area (Å²) in [5.41, 5.74) is 4.64. The standard InChI is InChI=1S/C23H27N7O2/c1-15(2)16-10-22(29-25-12-16)28-21-6-5-19-20(27-21)9-17(11-24-19)18-13-26-30(14-18)8-7-23(31-3)32-4/h5-6,9-15,23H,7-8H2,1-4H3,(H,27,28,29). The maximum atomic E-state index is 5.24. The zero-order chi connectivity index (χ0) is 22.5. The number of hydrogen-bond donors (Lipinski definition) is 1. The minimum Gasteiger partial charge on any atom is -0.356 e. The number of nitrogens with zero attached hydrogens (tertiary/aromatic N) is 6. The van der Waals surface area contributed by atoms with Crippen molar-refractivity contribution in [2.24, 2.45) is 0 Å². The summed E-state index contributed by atoms with van der Waals surface area (Å²) in [5, 5.41) is 15.9. The van der Waals surface area contributed by atoms with Crippen LogP contribution in [-0.2, 0) is 16.0 Å². The van der Waals surface area contributed by atoms with Crippen molar-refractivity contribution in [3.63, 3.8) is 0 Å². The van der Waals surface area contributed by atoms with Crippen molar-refractivity contribution in [1.82, 2.24) is 29.9 Å². The average Bonchev–Trinajstić information content (AvgIpc) is 3.28. The Morgan fingerprint density at radius 2 is 1.81 bits per heavy atom. The van der Waals surface area contributed by atoms with Gasteiger partial charge in [-0.1, -0.05) is 13.8 Å². The second-order valence-electron chi connectivity index (χ2n) is 7.79. The first-order valence-electron chi connectivity index (χ1n) is 10.5. The highest BCUT2D eigenvalue weighted by molar-refractivity contribution is 5.81. The van der Waals surface area contributed by atoms with Gasteiger partial charge in [0.05, 0.1) is 23.4 Å². The molecule has 9 nitrogen and oxygen atoms in total. The quantitative estimate of drug-likeness (QED) is 0.393. The number of ether oxygens (including phenoxy) is 2. The van der Waals surface area contributed by atoms with Crippen LogP contribution in [0.3, 0.4) is 0 Å². The molecule has 0 aromatic carbocycles. The van der Waals surface area contributed by atoms with Crippen LogP contribution in [0.15, 0.2) is 49.1 Å². The highest BCUT2D eigenvalue weighted by Gasteiger charge is 2.09. The molecule has 0 unspecified atom stereocenters. The first-order valence-corrected chi connectivity index (χ1v) is 10.5. The van der Waals surface area contributed by atoms with Crippen molar-refractivity contribution in [2.45, 2.75) is 39.0 Å². The number of fused-ring (bicyclic) bond motifs is 1. The molecule has 0 aliphatic heterocycles. The molecule has 0 saturated heterocycles. The minimum atomic E-state index is -0.244. The van der Waals surface area contributed by atoms with Crippen LogP contribution in [0.2, 0.25) is 0 Å². The van der Waals surface area contributed by atoms with Crippen molar-refractivity contribution in [1.29, 1.82) is 0 Å². The Balaban J connectivity index is 1.53. The van der Waals surface area contributed by atoms with Gasteiger partial charge in [-0.05, 0) is 35.7 Å². The van der Waals surface area contributed by atoms with Crippen LogP contribution in [0.4, 0.5) is 11.6 Å². The summed E-state index contributed by atoms with van der Waals surface area (Å²) in [6.07, 6.45) is 7.90. The Labute approximate surface area is 186 Å². The number of nitrogens with one attached hydrogen (secondary N) is 1. The van der Waals surface area contributed by atoms with E-state index in [2.05, 4.69) is 39.4 Å². The van der Waals surface area contributed by atoms with E-state index in [1.54, 1.807) is 20.4 Å². The van der Waals surface area contributed by atoms with Gasteiger partial charge in [0.2, 0.25) is 0 Å². The smallest absolute Gasteiger partial charge is 0.158 e. The molecule has 0 fully saturated rings. The van der Waals surface area contributed by atoms with Gasteiger partial charge in [0.1, 0.15) is 5.82 Å². The Kier molecular flexibility index (Phi) is 6.67. The molecule has 1 N–H and O–H groups in total. The van der Waals surface area contributed by atoms with Gasteiger partial charge < -0.3 is 14.8 Å². The van der Waals surface area contributed by atoms with Crippen LogP contribution in [0.1, 0.15) is 31.7 Å². The molecule has 0 bridgehead atoms. The van der Waals surface area contributed by atoms with Gasteiger partial charge in [0.25, 0.3) is 0 Å². The van der Waals surface area contributed by atoms with Crippen molar-refractivity contribution >= 4 is 22.7 Å². The van der Waals surface area contributed by atoms with Crippen molar-refractivity contribution in [3.8, 4) is 11.1 Å². The zero-order valence-corrected chi connectivity index (χ0v) is 18.7. The zero-order valence-electron chi connectivity index (χ0n) is 18.7. The predicted molar refractivity (Wildman–Crippen MR) is 123 cm³/mol. The van der Waals surface area contributed by atoms with Crippen LogP contribution < -0.4 is 5.32 Å². The molecular formula is C23H27N7O2. The molecule has 4 aromatic heterocycles. The molecule has 0 radical (unpaired) electrons. The summed E-state index contributed by atoms with van der Waals surface area (Å²) in [4.78, 5) is 9.28. The number of hydrogen-bond acceptors (Lipinski definition) is 8. The summed E-state index contributed by atoms with van der Waals surface area (Å²) >= 11 is 0. The molecule has 0 amide bonds. The largest absolute Gasteiger partial charge is 0.356 e. The first-order chi connectivity index (χ1) is 15.6. The molecule has 4 aromatic rings. The fraction of sp³-hybridized carbons (Fsp3) is 0.348. The maximum absolute atomic E-state index is 5.24. The van der Waals surface area contributed by atoms with Crippen molar-refractivity contribution < 1.29 is 9.47 Å². The van der Waals surface area contributed by atoms with Gasteiger partial charge in [0, 0.05) is 50.7 Å². The lowest BCUT2D eigenvalue weighted by Crippen LogP contribution is -2.16. The average molecular weight is 434 g/mol. The molecule has 166 valence electrons. The van der Waals surface area contributed by atoms with E-state index in [0.717, 1.165) is 27.7 Å². The monoisotopic (exact) mass is 433 g/mol. The van der Waals surface area contributed by atoms with Gasteiger partial charge >= 0.3 is 0 Å². The number of aromatic nitrogens is 6. The minimum absolute atomic E-state index is 0.244. The number of aryl methyl sites for hydroxylation is 1. The van der Waals surface area contributed by atoms with Crippen LogP contribution in [-0.4, -0.2) is 50.5 Å². The summed E-state index contributed by atoms with van der Waals surface area (Å²) in [6, 6.07) is 7.83. The molecule has 0 spiro atoms. The highest BCUT2D eigenvalue weighted by atomic mass is 16.7. The molecule has 32 heavy (non-hydrogen) atoms. The summed E-state index contributed by atoms with van der Waals surface area (Å²) in [7, 11) is 3.26.